The fourth-order valence-electron chi connectivity index (χ4n) is 2.36. The Hall–Kier alpha value is -2.32. The number of amides is 1. The molecule has 0 unspecified atom stereocenters. The van der Waals surface area contributed by atoms with Crippen molar-refractivity contribution in [1.82, 2.24) is 4.57 Å². The average molecular weight is 378 g/mol. The molecule has 0 spiro atoms. The maximum absolute atomic E-state index is 14.2. The third-order valence-electron chi connectivity index (χ3n) is 3.37. The number of halogens is 1. The van der Waals surface area contributed by atoms with Gasteiger partial charge in [-0.15, -0.1) is 11.3 Å². The van der Waals surface area contributed by atoms with Crippen molar-refractivity contribution in [1.29, 1.82) is 0 Å². The molecule has 25 heavy (non-hydrogen) atoms. The van der Waals surface area contributed by atoms with Gasteiger partial charge in [-0.1, -0.05) is 23.5 Å². The molecule has 2 aromatic heterocycles. The maximum Gasteiger partial charge on any atom is 0.326 e. The van der Waals surface area contributed by atoms with Gasteiger partial charge in [-0.2, -0.15) is 4.99 Å². The number of benzene rings is 1. The van der Waals surface area contributed by atoms with Gasteiger partial charge in [0.2, 0.25) is 0 Å². The van der Waals surface area contributed by atoms with E-state index < -0.39 is 11.8 Å². The first-order chi connectivity index (χ1) is 12.1. The topological polar surface area (TPSA) is 60.7 Å². The van der Waals surface area contributed by atoms with E-state index in [4.69, 9.17) is 4.74 Å². The Balaban J connectivity index is 2.03. The molecule has 3 rings (SSSR count). The van der Waals surface area contributed by atoms with Crippen LogP contribution in [0.5, 0.6) is 0 Å². The van der Waals surface area contributed by atoms with E-state index in [0.29, 0.717) is 4.70 Å². The van der Waals surface area contributed by atoms with E-state index in [1.54, 1.807) is 19.1 Å². The monoisotopic (exact) mass is 378 g/mol. The van der Waals surface area contributed by atoms with Crippen molar-refractivity contribution in [2.24, 2.45) is 4.99 Å². The minimum absolute atomic E-state index is 0.174. The molecule has 0 saturated heterocycles. The van der Waals surface area contributed by atoms with Gasteiger partial charge < -0.3 is 9.30 Å². The Morgan fingerprint density at radius 2 is 2.12 bits per heavy atom. The number of para-hydroxylation sites is 1. The SMILES string of the molecule is CCOC(=O)Cn1c(=NC(=O)Cc2cccs2)sc2cccc(F)c21. The molecule has 0 bridgehead atoms. The standard InChI is InChI=1S/C17H15FN2O3S2/c1-2-23-15(22)10-20-16-12(18)6-3-7-13(16)25-17(20)19-14(21)9-11-5-4-8-24-11/h3-8H,2,9-10H2,1H3. The molecule has 130 valence electrons. The number of thiophene rings is 1. The number of thiazole rings is 1. The highest BCUT2D eigenvalue weighted by Gasteiger charge is 2.15. The molecule has 0 saturated carbocycles. The summed E-state index contributed by atoms with van der Waals surface area (Å²) in [7, 11) is 0. The van der Waals surface area contributed by atoms with Gasteiger partial charge in [-0.25, -0.2) is 4.39 Å². The summed E-state index contributed by atoms with van der Waals surface area (Å²) >= 11 is 2.64. The summed E-state index contributed by atoms with van der Waals surface area (Å²) in [6.07, 6.45) is 0.174. The first-order valence-electron chi connectivity index (χ1n) is 7.62. The van der Waals surface area contributed by atoms with Gasteiger partial charge in [0.1, 0.15) is 12.4 Å². The third-order valence-corrected chi connectivity index (χ3v) is 5.29. The number of rotatable bonds is 5. The molecule has 8 heteroatoms. The molecule has 0 fully saturated rings. The number of esters is 1. The molecular weight excluding hydrogens is 363 g/mol. The van der Waals surface area contributed by atoms with Crippen molar-refractivity contribution in [3.63, 3.8) is 0 Å². The van der Waals surface area contributed by atoms with Gasteiger partial charge in [-0.05, 0) is 30.5 Å². The van der Waals surface area contributed by atoms with Crippen LogP contribution in [-0.2, 0) is 27.3 Å². The van der Waals surface area contributed by atoms with Crippen LogP contribution in [0.4, 0.5) is 4.39 Å². The van der Waals surface area contributed by atoms with Crippen molar-refractivity contribution in [2.75, 3.05) is 6.61 Å². The van der Waals surface area contributed by atoms with E-state index >= 15 is 0 Å². The molecule has 0 aliphatic heterocycles. The van der Waals surface area contributed by atoms with Gasteiger partial charge in [0.15, 0.2) is 4.80 Å². The van der Waals surface area contributed by atoms with Crippen molar-refractivity contribution in [3.05, 3.63) is 51.2 Å². The van der Waals surface area contributed by atoms with E-state index in [9.17, 15) is 14.0 Å². The van der Waals surface area contributed by atoms with Crippen LogP contribution in [0.15, 0.2) is 40.7 Å². The summed E-state index contributed by atoms with van der Waals surface area (Å²) in [6, 6.07) is 8.35. The minimum atomic E-state index is -0.502. The number of hydrogen-bond acceptors (Lipinski definition) is 5. The van der Waals surface area contributed by atoms with Crippen molar-refractivity contribution in [3.8, 4) is 0 Å². The van der Waals surface area contributed by atoms with Crippen LogP contribution in [0.25, 0.3) is 10.2 Å². The van der Waals surface area contributed by atoms with Crippen LogP contribution >= 0.6 is 22.7 Å². The number of ether oxygens (including phenoxy) is 1. The predicted molar refractivity (Wildman–Crippen MR) is 95.0 cm³/mol. The van der Waals surface area contributed by atoms with Crippen LogP contribution in [0.2, 0.25) is 0 Å². The van der Waals surface area contributed by atoms with Crippen LogP contribution < -0.4 is 4.80 Å². The molecule has 1 aromatic carbocycles. The molecule has 0 atom stereocenters. The van der Waals surface area contributed by atoms with Crippen LogP contribution in [-0.4, -0.2) is 23.1 Å². The second kappa shape index (κ2) is 7.71. The fourth-order valence-corrected chi connectivity index (χ4v) is 4.12. The summed E-state index contributed by atoms with van der Waals surface area (Å²) in [5, 5.41) is 1.89. The summed E-state index contributed by atoms with van der Waals surface area (Å²) in [4.78, 5) is 29.4. The molecular formula is C17H15FN2O3S2. The summed E-state index contributed by atoms with van der Waals surface area (Å²) in [5.41, 5.74) is 0.253. The average Bonchev–Trinajstić information content (AvgIpc) is 3.17. The number of aromatic nitrogens is 1. The lowest BCUT2D eigenvalue weighted by molar-refractivity contribution is -0.143. The summed E-state index contributed by atoms with van der Waals surface area (Å²) in [6.45, 7) is 1.73. The number of hydrogen-bond donors (Lipinski definition) is 0. The van der Waals surface area contributed by atoms with Gasteiger partial charge in [0.25, 0.3) is 5.91 Å². The normalized spacial score (nSPS) is 11.8. The lowest BCUT2D eigenvalue weighted by Crippen LogP contribution is -2.23. The molecule has 2 heterocycles. The fraction of sp³-hybridized carbons (Fsp3) is 0.235. The minimum Gasteiger partial charge on any atom is -0.465 e. The van der Waals surface area contributed by atoms with Gasteiger partial charge >= 0.3 is 5.97 Å². The van der Waals surface area contributed by atoms with Crippen molar-refractivity contribution in [2.45, 2.75) is 19.9 Å². The van der Waals surface area contributed by atoms with Gasteiger partial charge in [0, 0.05) is 4.88 Å². The maximum atomic E-state index is 14.2. The van der Waals surface area contributed by atoms with Crippen molar-refractivity contribution >= 4 is 44.8 Å². The Morgan fingerprint density at radius 1 is 1.28 bits per heavy atom. The Labute approximate surface area is 151 Å². The van der Waals surface area contributed by atoms with Gasteiger partial charge in [-0.3, -0.25) is 9.59 Å². The number of carbonyl (C=O) groups is 2. The van der Waals surface area contributed by atoms with E-state index in [1.807, 2.05) is 17.5 Å². The summed E-state index contributed by atoms with van der Waals surface area (Å²) in [5.74, 6) is -1.31. The van der Waals surface area contributed by atoms with Crippen LogP contribution in [0, 0.1) is 5.82 Å². The van der Waals surface area contributed by atoms with E-state index in [1.165, 1.54) is 33.3 Å². The zero-order valence-electron chi connectivity index (χ0n) is 13.4. The zero-order chi connectivity index (χ0) is 17.8. The molecule has 0 radical (unpaired) electrons. The van der Waals surface area contributed by atoms with Gasteiger partial charge in [0.05, 0.1) is 23.2 Å². The van der Waals surface area contributed by atoms with E-state index in [0.717, 1.165) is 4.88 Å². The molecule has 0 N–H and O–H groups in total. The van der Waals surface area contributed by atoms with E-state index in [2.05, 4.69) is 4.99 Å². The van der Waals surface area contributed by atoms with E-state index in [-0.39, 0.29) is 35.8 Å². The van der Waals surface area contributed by atoms with Crippen LogP contribution in [0.3, 0.4) is 0 Å². The molecule has 0 aliphatic rings. The lowest BCUT2D eigenvalue weighted by atomic mass is 10.3. The smallest absolute Gasteiger partial charge is 0.326 e. The second-order valence-electron chi connectivity index (χ2n) is 5.12. The molecule has 5 nitrogen and oxygen atoms in total. The Bertz CT molecular complexity index is 974. The number of fused-ring (bicyclic) bond motifs is 1. The highest BCUT2D eigenvalue weighted by atomic mass is 32.1. The highest BCUT2D eigenvalue weighted by Crippen LogP contribution is 2.20. The van der Waals surface area contributed by atoms with Crippen molar-refractivity contribution < 1.29 is 18.7 Å². The second-order valence-corrected chi connectivity index (χ2v) is 7.17. The molecule has 0 aliphatic carbocycles. The first-order valence-corrected chi connectivity index (χ1v) is 9.31. The lowest BCUT2D eigenvalue weighted by Gasteiger charge is -2.05. The zero-order valence-corrected chi connectivity index (χ0v) is 15.0. The third kappa shape index (κ3) is 4.02. The quantitative estimate of drug-likeness (QED) is 0.641. The number of nitrogens with zero attached hydrogens (tertiary/aromatic N) is 2. The first kappa shape index (κ1) is 17.5. The Morgan fingerprint density at radius 3 is 2.84 bits per heavy atom. The summed E-state index contributed by atoms with van der Waals surface area (Å²) < 4.78 is 21.2. The predicted octanol–water partition coefficient (Wildman–Crippen LogP) is 3.14. The van der Waals surface area contributed by atoms with Crippen LogP contribution in [0.1, 0.15) is 11.8 Å². The molecule has 3 aromatic rings. The Kier molecular flexibility index (Phi) is 5.40. The largest absolute Gasteiger partial charge is 0.465 e. The highest BCUT2D eigenvalue weighted by molar-refractivity contribution is 7.16. The molecule has 1 amide bonds. The number of carbonyl (C=O) groups excluding carboxylic acids is 2.